The number of carbonyl (C=O) groups is 4. The number of urea groups is 4. The van der Waals surface area contributed by atoms with E-state index in [2.05, 4.69) is 109 Å². The summed E-state index contributed by atoms with van der Waals surface area (Å²) < 4.78 is 0. The zero-order valence-corrected chi connectivity index (χ0v) is 46.6. The molecule has 8 aliphatic rings. The number of rotatable bonds is 10. The summed E-state index contributed by atoms with van der Waals surface area (Å²) in [7, 11) is 1.90. The molecule has 4 aromatic rings. The number of likely N-dealkylation sites (N-methyl/N-ethyl adjacent to an activating group) is 1. The largest absolute Gasteiger partial charge is 0.387 e. The zero-order valence-electron chi connectivity index (χ0n) is 46.6. The van der Waals surface area contributed by atoms with Gasteiger partial charge in [-0.15, -0.1) is 0 Å². The Labute approximate surface area is 457 Å². The summed E-state index contributed by atoms with van der Waals surface area (Å²) in [5.41, 5.74) is 3.86. The van der Waals surface area contributed by atoms with Crippen LogP contribution in [-0.2, 0) is 0 Å². The van der Waals surface area contributed by atoms with Crippen molar-refractivity contribution in [2.24, 2.45) is 35.5 Å². The van der Waals surface area contributed by atoms with Gasteiger partial charge < -0.3 is 24.7 Å². The molecule has 4 aliphatic carbocycles. The SMILES string of the molecule is CC(C)CN1C(=O)N(c2ccccc2)[C@@H]2C=C[C@@H](C)[C@@H]21.CC(C)CN1C(=O)N(c2ccccc2)[C@@H]2C=C[C@@H](C)[C@@H]21.CC(C)CN1C(=O)N(c2ccccc2)[C@@H]2C=C[C@@H](O)[C@@H]21.C[C@@H]1C=C[C@@H]2[C@H]1N(C)C(=O)N2c1ccccc1. The van der Waals surface area contributed by atoms with Crippen molar-refractivity contribution in [1.82, 2.24) is 19.6 Å². The Morgan fingerprint density at radius 2 is 0.623 bits per heavy atom. The van der Waals surface area contributed by atoms with E-state index in [1.54, 1.807) is 11.0 Å². The van der Waals surface area contributed by atoms with E-state index in [0.29, 0.717) is 42.1 Å². The molecule has 1 N–H and O–H groups in total. The fourth-order valence-electron chi connectivity index (χ4n) is 12.9. The van der Waals surface area contributed by atoms with Gasteiger partial charge in [-0.25, -0.2) is 19.2 Å². The highest BCUT2D eigenvalue weighted by molar-refractivity contribution is 5.99. The fourth-order valence-corrected chi connectivity index (χ4v) is 12.9. The van der Waals surface area contributed by atoms with Crippen molar-refractivity contribution in [3.05, 3.63) is 170 Å². The van der Waals surface area contributed by atoms with Gasteiger partial charge in [0.2, 0.25) is 0 Å². The molecule has 8 amide bonds. The van der Waals surface area contributed by atoms with E-state index in [9.17, 15) is 24.3 Å². The number of fused-ring (bicyclic) bond motifs is 4. The van der Waals surface area contributed by atoms with Crippen LogP contribution in [0.2, 0.25) is 0 Å². The van der Waals surface area contributed by atoms with Gasteiger partial charge in [-0.1, -0.05) is 184 Å². The molecular weight excluding hydrogens is 961 g/mol. The average Bonchev–Trinajstić information content (AvgIpc) is 4.33. The molecule has 77 heavy (non-hydrogen) atoms. The third-order valence-electron chi connectivity index (χ3n) is 16.1. The van der Waals surface area contributed by atoms with Gasteiger partial charge >= 0.3 is 24.1 Å². The van der Waals surface area contributed by atoms with Crippen LogP contribution >= 0.6 is 0 Å². The molecule has 4 aliphatic heterocycles. The van der Waals surface area contributed by atoms with Gasteiger partial charge in [-0.2, -0.15) is 0 Å². The highest BCUT2D eigenvalue weighted by Gasteiger charge is 2.53. The molecule has 13 nitrogen and oxygen atoms in total. The summed E-state index contributed by atoms with van der Waals surface area (Å²) in [5.74, 6) is 2.64. The summed E-state index contributed by atoms with van der Waals surface area (Å²) >= 11 is 0. The minimum atomic E-state index is -0.573. The number of hydrogen-bond donors (Lipinski definition) is 1. The van der Waals surface area contributed by atoms with Crippen molar-refractivity contribution in [2.75, 3.05) is 46.3 Å². The minimum absolute atomic E-state index is 0.0108. The molecule has 4 fully saturated rings. The molecule has 12 rings (SSSR count). The molecule has 0 radical (unpaired) electrons. The van der Waals surface area contributed by atoms with Crippen LogP contribution in [0.1, 0.15) is 62.3 Å². The number of anilines is 4. The second kappa shape index (κ2) is 23.2. The van der Waals surface area contributed by atoms with Crippen LogP contribution in [0.15, 0.2) is 170 Å². The van der Waals surface area contributed by atoms with E-state index in [0.717, 1.165) is 35.8 Å². The monoisotopic (exact) mass is 1040 g/mol. The van der Waals surface area contributed by atoms with Crippen molar-refractivity contribution >= 4 is 46.9 Å². The van der Waals surface area contributed by atoms with Crippen LogP contribution < -0.4 is 19.6 Å². The van der Waals surface area contributed by atoms with Crippen molar-refractivity contribution in [2.45, 2.75) is 117 Å². The van der Waals surface area contributed by atoms with Crippen LogP contribution in [0.3, 0.4) is 0 Å². The fraction of sp³-hybridized carbons (Fsp3) is 0.438. The summed E-state index contributed by atoms with van der Waals surface area (Å²) in [6.45, 7) is 21.7. The van der Waals surface area contributed by atoms with Crippen molar-refractivity contribution < 1.29 is 24.3 Å². The normalized spacial score (nSPS) is 29.2. The number of para-hydroxylation sites is 4. The quantitative estimate of drug-likeness (QED) is 0.159. The number of nitrogens with zero attached hydrogens (tertiary/aromatic N) is 8. The lowest BCUT2D eigenvalue weighted by atomic mass is 10.0. The zero-order chi connectivity index (χ0) is 54.8. The Morgan fingerprint density at radius 1 is 0.364 bits per heavy atom. The maximum atomic E-state index is 12.8. The molecule has 0 aromatic heterocycles. The Kier molecular flexibility index (Phi) is 16.5. The predicted octanol–water partition coefficient (Wildman–Crippen LogP) is 11.8. The maximum Gasteiger partial charge on any atom is 0.325 e. The third kappa shape index (κ3) is 10.8. The van der Waals surface area contributed by atoms with E-state index >= 15 is 0 Å². The van der Waals surface area contributed by atoms with Gasteiger partial charge in [0.25, 0.3) is 0 Å². The van der Waals surface area contributed by atoms with E-state index in [1.165, 1.54) is 0 Å². The standard InChI is InChI=1S/2C17H22N2O.C16H20N2O2.C14H16N2O/c2*1-12(2)11-18-16-13(3)9-10-15(16)19(17(18)20)14-7-5-4-6-8-14;1-11(2)10-17-15-13(8-9-14(15)19)18(16(17)20)12-6-4-3-5-7-12;1-10-8-9-12-13(10)15(2)14(17)16(12)11-6-4-3-5-7-11/h2*4-10,12-13,15-16H,11H2,1-3H3;3-9,11,13-15,19H,10H2,1-2H3;3-10,12-13H,1-2H3/t2*13-,15-,16+;13-,14-,15-;10-,12-,13+/m1111/s1. The first-order valence-corrected chi connectivity index (χ1v) is 27.9. The van der Waals surface area contributed by atoms with E-state index in [4.69, 9.17) is 0 Å². The molecule has 13 heteroatoms. The molecule has 4 saturated heterocycles. The molecule has 0 bridgehead atoms. The van der Waals surface area contributed by atoms with Crippen molar-refractivity contribution in [3.8, 4) is 0 Å². The molecule has 406 valence electrons. The summed E-state index contributed by atoms with van der Waals surface area (Å²) in [6, 6.07) is 41.1. The first-order chi connectivity index (χ1) is 37.0. The molecule has 0 spiro atoms. The summed E-state index contributed by atoms with van der Waals surface area (Å²) in [5, 5.41) is 10.2. The topological polar surface area (TPSA) is 114 Å². The van der Waals surface area contributed by atoms with Crippen LogP contribution in [0.5, 0.6) is 0 Å². The Bertz CT molecular complexity index is 2570. The van der Waals surface area contributed by atoms with Crippen LogP contribution in [0, 0.1) is 35.5 Å². The number of amides is 8. The van der Waals surface area contributed by atoms with Gasteiger partial charge in [-0.3, -0.25) is 19.6 Å². The molecule has 4 heterocycles. The summed E-state index contributed by atoms with van der Waals surface area (Å²) in [4.78, 5) is 66.0. The minimum Gasteiger partial charge on any atom is -0.387 e. The number of benzene rings is 4. The van der Waals surface area contributed by atoms with Gasteiger partial charge in [0, 0.05) is 49.4 Å². The average molecular weight is 1040 g/mol. The van der Waals surface area contributed by atoms with Crippen molar-refractivity contribution in [1.29, 1.82) is 0 Å². The van der Waals surface area contributed by atoms with E-state index in [-0.39, 0.29) is 72.5 Å². The van der Waals surface area contributed by atoms with E-state index < -0.39 is 6.10 Å². The van der Waals surface area contributed by atoms with Crippen LogP contribution in [0.25, 0.3) is 0 Å². The van der Waals surface area contributed by atoms with E-state index in [1.807, 2.05) is 159 Å². The summed E-state index contributed by atoms with van der Waals surface area (Å²) in [6.07, 6.45) is 16.4. The maximum absolute atomic E-state index is 12.8. The first-order valence-electron chi connectivity index (χ1n) is 27.9. The van der Waals surface area contributed by atoms with Gasteiger partial charge in [0.15, 0.2) is 0 Å². The third-order valence-corrected chi connectivity index (χ3v) is 16.1. The van der Waals surface area contributed by atoms with Gasteiger partial charge in [0.1, 0.15) is 0 Å². The smallest absolute Gasteiger partial charge is 0.325 e. The highest BCUT2D eigenvalue weighted by Crippen LogP contribution is 2.41. The van der Waals surface area contributed by atoms with Crippen LogP contribution in [0.4, 0.5) is 41.9 Å². The Morgan fingerprint density at radius 3 is 0.948 bits per heavy atom. The highest BCUT2D eigenvalue weighted by atomic mass is 16.3. The predicted molar refractivity (Wildman–Crippen MR) is 310 cm³/mol. The number of aliphatic hydroxyl groups excluding tert-OH is 1. The first kappa shape index (κ1) is 54.7. The second-order valence-electron chi connectivity index (χ2n) is 23.2. The van der Waals surface area contributed by atoms with Gasteiger partial charge in [0.05, 0.1) is 54.4 Å². The number of hydrogen-bond acceptors (Lipinski definition) is 5. The Balaban J connectivity index is 0.000000125. The van der Waals surface area contributed by atoms with Gasteiger partial charge in [-0.05, 0) is 84.0 Å². The second-order valence-corrected chi connectivity index (χ2v) is 23.2. The molecule has 0 unspecified atom stereocenters. The van der Waals surface area contributed by atoms with Crippen LogP contribution in [-0.4, -0.2) is 130 Å². The van der Waals surface area contributed by atoms with Crippen molar-refractivity contribution in [3.63, 3.8) is 0 Å². The number of carbonyl (C=O) groups excluding carboxylic acids is 4. The molecule has 12 atom stereocenters. The molecule has 4 aromatic carbocycles. The molecular formula is C64H80N8O5. The molecule has 0 saturated carbocycles. The Hall–Kier alpha value is -7.12. The lowest BCUT2D eigenvalue weighted by Gasteiger charge is -2.27. The number of aliphatic hydroxyl groups is 1. The lowest BCUT2D eigenvalue weighted by Crippen LogP contribution is -2.43. The lowest BCUT2D eigenvalue weighted by molar-refractivity contribution is 0.116.